The number of hydrogen-bond donors (Lipinski definition) is 1. The Labute approximate surface area is 386 Å². The summed E-state index contributed by atoms with van der Waals surface area (Å²) in [7, 11) is 0. The average Bonchev–Trinajstić information content (AvgIpc) is 3.87. The van der Waals surface area contributed by atoms with Gasteiger partial charge in [-0.2, -0.15) is 0 Å². The van der Waals surface area contributed by atoms with Gasteiger partial charge in [-0.3, -0.25) is 14.5 Å². The molecule has 0 unspecified atom stereocenters. The molecule has 0 saturated heterocycles. The van der Waals surface area contributed by atoms with E-state index in [0.29, 0.717) is 17.7 Å². The van der Waals surface area contributed by atoms with Crippen LogP contribution in [0, 0.1) is 5.41 Å². The first-order valence-electron chi connectivity index (χ1n) is 24.1. The number of amides is 2. The monoisotopic (exact) mass is 894 g/mol. The van der Waals surface area contributed by atoms with Gasteiger partial charge in [0.1, 0.15) is 0 Å². The number of aryl methyl sites for hydroxylation is 1. The highest BCUT2D eigenvalue weighted by Crippen LogP contribution is 2.50. The van der Waals surface area contributed by atoms with E-state index in [-0.39, 0.29) is 23.1 Å². The van der Waals surface area contributed by atoms with Crippen molar-refractivity contribution in [3.8, 4) is 9.75 Å². The maximum Gasteiger partial charge on any atom is 0.263 e. The van der Waals surface area contributed by atoms with E-state index in [2.05, 4.69) is 93.2 Å². The van der Waals surface area contributed by atoms with Crippen molar-refractivity contribution in [1.29, 1.82) is 0 Å². The highest BCUT2D eigenvalue weighted by molar-refractivity contribution is 8.13. The molecule has 3 nitrogen and oxygen atoms in total. The minimum atomic E-state index is -0.109. The van der Waals surface area contributed by atoms with Crippen molar-refractivity contribution in [2.24, 2.45) is 5.41 Å². The summed E-state index contributed by atoms with van der Waals surface area (Å²) in [5.41, 5.74) is 4.02. The molecular weight excluding hydrogens is 811 g/mol. The predicted molar refractivity (Wildman–Crippen MR) is 274 cm³/mol. The molecule has 0 spiro atoms. The summed E-state index contributed by atoms with van der Waals surface area (Å²) < 4.78 is 0. The third kappa shape index (κ3) is 17.1. The number of unbranched alkanes of at least 4 members (excludes halogenated alkanes) is 18. The molecule has 336 valence electrons. The van der Waals surface area contributed by atoms with Crippen LogP contribution in [0.4, 0.5) is 0 Å². The first-order valence-corrected chi connectivity index (χ1v) is 27.0. The molecule has 0 atom stereocenters. The van der Waals surface area contributed by atoms with Gasteiger partial charge in [0.15, 0.2) is 0 Å². The van der Waals surface area contributed by atoms with Crippen molar-refractivity contribution in [3.05, 3.63) is 72.7 Å². The number of thiol groups is 1. The van der Waals surface area contributed by atoms with Crippen LogP contribution in [0.25, 0.3) is 14.7 Å². The zero-order valence-corrected chi connectivity index (χ0v) is 42.8. The van der Waals surface area contributed by atoms with Gasteiger partial charge < -0.3 is 0 Å². The lowest BCUT2D eigenvalue weighted by Crippen LogP contribution is -2.31. The van der Waals surface area contributed by atoms with Crippen LogP contribution in [-0.4, -0.2) is 23.3 Å². The summed E-state index contributed by atoms with van der Waals surface area (Å²) in [6, 6.07) is 2.37. The molecule has 2 amide bonds. The molecule has 0 radical (unpaired) electrons. The lowest BCUT2D eigenvalue weighted by molar-refractivity contribution is 0.0652. The van der Waals surface area contributed by atoms with Crippen molar-refractivity contribution in [1.82, 2.24) is 4.90 Å². The van der Waals surface area contributed by atoms with E-state index in [1.165, 1.54) is 136 Å². The molecule has 0 saturated carbocycles. The molecule has 3 rings (SSSR count). The number of carbonyl (C=O) groups excluding carboxylic acids is 2. The summed E-state index contributed by atoms with van der Waals surface area (Å²) in [6.45, 7) is 24.9. The van der Waals surface area contributed by atoms with Crippen LogP contribution < -0.4 is 0 Å². The fraction of sp³-hybridized carbons (Fsp3) is 0.660. The van der Waals surface area contributed by atoms with Gasteiger partial charge in [0.25, 0.3) is 11.8 Å². The zero-order chi connectivity index (χ0) is 44.1. The average molecular weight is 895 g/mol. The van der Waals surface area contributed by atoms with Gasteiger partial charge in [-0.25, -0.2) is 0 Å². The maximum absolute atomic E-state index is 14.1. The van der Waals surface area contributed by atoms with Crippen LogP contribution in [0.2, 0.25) is 0 Å². The zero-order valence-electron chi connectivity index (χ0n) is 39.5. The van der Waals surface area contributed by atoms with Crippen molar-refractivity contribution in [2.45, 2.75) is 216 Å². The molecule has 1 aliphatic heterocycles. The van der Waals surface area contributed by atoms with Gasteiger partial charge in [-0.05, 0) is 68.1 Å². The number of thioether (sulfide) groups is 1. The smallest absolute Gasteiger partial charge is 0.263 e. The molecule has 1 aliphatic rings. The minimum absolute atomic E-state index is 0.0799. The Kier molecular flexibility index (Phi) is 24.6. The molecule has 3 heterocycles. The second-order valence-electron chi connectivity index (χ2n) is 18.6. The standard InChI is InChI=1S/C53H83NO2S4/c1-11-15-18-20-22-24-26-28-30-32-34-42-37-45(59-49(42)50-47-46(48(60-50)39(5)6)51(55)54(52(47)56)35-17-13-3)44(14-4)58-40(7)43(57)36-41(38-53(8,9)10)33-31-29-27-25-23-21-19-16-12-2/h14,36-39,57H,7,11-13,15-35H2,1-6,8-10H3/b41-38+,43-36-,44-14-. The number of imide groups is 1. The van der Waals surface area contributed by atoms with Crippen molar-refractivity contribution < 1.29 is 9.59 Å². The molecule has 0 N–H and O–H groups in total. The third-order valence-corrected chi connectivity index (χ3v) is 16.1. The highest BCUT2D eigenvalue weighted by atomic mass is 32.2. The SMILES string of the molecule is C=C(S/C(=C\C)c1cc(CCCCCCCCCCCC)c(-c2sc(C(C)C)c3c2C(=O)N(CCCC)C3=O)s1)/C(S)=C/C(=C/C(C)(C)C)CCCCCCCCCCC. The molecule has 2 aromatic heterocycles. The fourth-order valence-corrected chi connectivity index (χ4v) is 12.0. The molecule has 60 heavy (non-hydrogen) atoms. The maximum atomic E-state index is 14.1. The van der Waals surface area contributed by atoms with Crippen LogP contribution in [0.1, 0.15) is 246 Å². The second kappa shape index (κ2) is 28.1. The first-order chi connectivity index (χ1) is 28.8. The van der Waals surface area contributed by atoms with E-state index in [0.717, 1.165) is 61.5 Å². The molecule has 0 aliphatic carbocycles. The Morgan fingerprint density at radius 1 is 0.750 bits per heavy atom. The van der Waals surface area contributed by atoms with E-state index >= 15 is 0 Å². The Hall–Kier alpha value is -1.80. The fourth-order valence-electron chi connectivity index (χ4n) is 8.12. The Balaban J connectivity index is 1.86. The van der Waals surface area contributed by atoms with E-state index in [1.807, 2.05) is 0 Å². The van der Waals surface area contributed by atoms with E-state index in [9.17, 15) is 9.59 Å². The number of fused-ring (bicyclic) bond motifs is 1. The quantitative estimate of drug-likeness (QED) is 0.0355. The minimum Gasteiger partial charge on any atom is -0.274 e. The summed E-state index contributed by atoms with van der Waals surface area (Å²) in [6.07, 6.45) is 35.6. The van der Waals surface area contributed by atoms with Crippen molar-refractivity contribution >= 4 is 63.8 Å². The van der Waals surface area contributed by atoms with Gasteiger partial charge in [-0.1, -0.05) is 207 Å². The van der Waals surface area contributed by atoms with Crippen LogP contribution in [0.5, 0.6) is 0 Å². The van der Waals surface area contributed by atoms with E-state index in [4.69, 9.17) is 12.6 Å². The first kappa shape index (κ1) is 52.5. The lowest BCUT2D eigenvalue weighted by Gasteiger charge is -2.16. The van der Waals surface area contributed by atoms with Gasteiger partial charge >= 0.3 is 0 Å². The molecule has 0 aromatic carbocycles. The summed E-state index contributed by atoms with van der Waals surface area (Å²) in [4.78, 5) is 36.9. The molecule has 0 bridgehead atoms. The molecule has 0 fully saturated rings. The summed E-state index contributed by atoms with van der Waals surface area (Å²) in [5, 5.41) is 0. The van der Waals surface area contributed by atoms with Crippen LogP contribution in [0.15, 0.2) is 46.3 Å². The Morgan fingerprint density at radius 3 is 1.78 bits per heavy atom. The van der Waals surface area contributed by atoms with E-state index < -0.39 is 0 Å². The number of hydrogen-bond acceptors (Lipinski definition) is 6. The van der Waals surface area contributed by atoms with E-state index in [1.54, 1.807) is 34.4 Å². The topological polar surface area (TPSA) is 37.4 Å². The van der Waals surface area contributed by atoms with Crippen molar-refractivity contribution in [3.63, 3.8) is 0 Å². The number of nitrogens with zero attached hydrogens (tertiary/aromatic N) is 1. The number of rotatable bonds is 31. The van der Waals surface area contributed by atoms with Gasteiger partial charge in [-0.15, -0.1) is 35.3 Å². The Morgan fingerprint density at radius 2 is 1.27 bits per heavy atom. The van der Waals surface area contributed by atoms with Crippen LogP contribution >= 0.6 is 47.1 Å². The van der Waals surface area contributed by atoms with Gasteiger partial charge in [0.2, 0.25) is 0 Å². The van der Waals surface area contributed by atoms with Gasteiger partial charge in [0.05, 0.1) is 16.0 Å². The van der Waals surface area contributed by atoms with Gasteiger partial charge in [0, 0.05) is 35.9 Å². The second-order valence-corrected chi connectivity index (χ2v) is 22.3. The molecule has 2 aromatic rings. The van der Waals surface area contributed by atoms with Crippen LogP contribution in [0.3, 0.4) is 0 Å². The number of carbonyl (C=O) groups is 2. The highest BCUT2D eigenvalue weighted by Gasteiger charge is 2.42. The largest absolute Gasteiger partial charge is 0.274 e. The van der Waals surface area contributed by atoms with Crippen LogP contribution in [-0.2, 0) is 6.42 Å². The predicted octanol–water partition coefficient (Wildman–Crippen LogP) is 18.8. The number of allylic oxidation sites excluding steroid dienone is 4. The van der Waals surface area contributed by atoms with Crippen molar-refractivity contribution in [2.75, 3.05) is 6.54 Å². The summed E-state index contributed by atoms with van der Waals surface area (Å²) >= 11 is 10.2. The normalized spacial score (nSPS) is 14.1. The Bertz CT molecular complexity index is 1730. The molecule has 7 heteroatoms. The number of thiophene rings is 2. The lowest BCUT2D eigenvalue weighted by atomic mass is 9.91. The third-order valence-electron chi connectivity index (χ3n) is 11.5. The molecular formula is C53H83NO2S4. The summed E-state index contributed by atoms with van der Waals surface area (Å²) in [5.74, 6) is -0.0513.